The molecule has 0 aliphatic carbocycles. The average molecular weight is 843 g/mol. The maximum absolute atomic E-state index is 12.8. The van der Waals surface area contributed by atoms with Gasteiger partial charge in [0.2, 0.25) is 11.8 Å². The number of ether oxygens (including phenoxy) is 3. The number of amides is 4. The minimum atomic E-state index is -0.677. The van der Waals surface area contributed by atoms with Crippen LogP contribution >= 0.6 is 0 Å². The number of hydrogen-bond acceptors (Lipinski definition) is 9. The third-order valence-corrected chi connectivity index (χ3v) is 9.35. The van der Waals surface area contributed by atoms with Crippen molar-refractivity contribution in [1.82, 2.24) is 41.2 Å². The number of nitrogens with one attached hydrogen (secondary N) is 6. The summed E-state index contributed by atoms with van der Waals surface area (Å²) in [5.74, 6) is 2.51. The lowest BCUT2D eigenvalue weighted by Gasteiger charge is -2.25. The summed E-state index contributed by atoms with van der Waals surface area (Å²) in [7, 11) is 0. The lowest BCUT2D eigenvalue weighted by molar-refractivity contribution is -0.124. The van der Waals surface area contributed by atoms with Crippen molar-refractivity contribution in [3.8, 4) is 34.0 Å². The summed E-state index contributed by atoms with van der Waals surface area (Å²) in [6.45, 7) is 19.2. The lowest BCUT2D eigenvalue weighted by Crippen LogP contribution is -2.51. The second kappa shape index (κ2) is 22.1. The molecule has 332 valence electrons. The van der Waals surface area contributed by atoms with E-state index in [1.807, 2.05) is 88.6 Å². The Bertz CT molecular complexity index is 1860. The molecule has 2 aromatic heterocycles. The highest BCUT2D eigenvalue weighted by Crippen LogP contribution is 2.28. The van der Waals surface area contributed by atoms with Crippen molar-refractivity contribution < 1.29 is 33.4 Å². The normalized spacial score (nSPS) is 12.7. The van der Waals surface area contributed by atoms with Crippen LogP contribution in [0.4, 0.5) is 9.59 Å². The summed E-state index contributed by atoms with van der Waals surface area (Å²) in [5.41, 5.74) is 2.49. The summed E-state index contributed by atoms with van der Waals surface area (Å²) in [6, 6.07) is 14.3. The van der Waals surface area contributed by atoms with E-state index in [0.29, 0.717) is 24.6 Å². The van der Waals surface area contributed by atoms with Crippen LogP contribution in [0.1, 0.15) is 107 Å². The molecule has 0 spiro atoms. The lowest BCUT2D eigenvalue weighted by atomic mass is 10.0. The minimum Gasteiger partial charge on any atom is -0.457 e. The Hall–Kier alpha value is -5.86. The fourth-order valence-corrected chi connectivity index (χ4v) is 6.23. The van der Waals surface area contributed by atoms with Gasteiger partial charge in [-0.15, -0.1) is 0 Å². The molecule has 0 unspecified atom stereocenters. The fraction of sp³-hybridized carbons (Fsp3) is 0.522. The maximum atomic E-state index is 12.8. The topological polar surface area (TPSA) is 201 Å². The van der Waals surface area contributed by atoms with E-state index >= 15 is 0 Å². The largest absolute Gasteiger partial charge is 0.457 e. The minimum absolute atomic E-state index is 0.0903. The van der Waals surface area contributed by atoms with Crippen LogP contribution in [0.3, 0.4) is 0 Å². The first-order valence-corrected chi connectivity index (χ1v) is 21.3. The molecule has 2 aromatic carbocycles. The summed E-state index contributed by atoms with van der Waals surface area (Å²) >= 11 is 0. The van der Waals surface area contributed by atoms with Gasteiger partial charge in [0.1, 0.15) is 46.4 Å². The van der Waals surface area contributed by atoms with Crippen molar-refractivity contribution in [1.29, 1.82) is 0 Å². The zero-order valence-corrected chi connectivity index (χ0v) is 37.5. The van der Waals surface area contributed by atoms with Crippen LogP contribution in [0.25, 0.3) is 22.5 Å². The molecule has 6 N–H and O–H groups in total. The molecule has 0 saturated heterocycles. The Morgan fingerprint density at radius 2 is 0.934 bits per heavy atom. The van der Waals surface area contributed by atoms with E-state index in [2.05, 4.69) is 41.2 Å². The molecule has 0 aliphatic rings. The Kier molecular flexibility index (Phi) is 17.3. The van der Waals surface area contributed by atoms with Gasteiger partial charge in [0.05, 0.1) is 23.8 Å². The van der Waals surface area contributed by atoms with Crippen LogP contribution in [-0.4, -0.2) is 80.3 Å². The van der Waals surface area contributed by atoms with Gasteiger partial charge < -0.3 is 45.4 Å². The van der Waals surface area contributed by atoms with E-state index in [-0.39, 0.29) is 23.7 Å². The summed E-state index contributed by atoms with van der Waals surface area (Å²) in [4.78, 5) is 65.8. The van der Waals surface area contributed by atoms with Crippen molar-refractivity contribution in [3.05, 3.63) is 72.6 Å². The van der Waals surface area contributed by atoms with E-state index in [4.69, 9.17) is 14.2 Å². The molecule has 4 rings (SSSR count). The van der Waals surface area contributed by atoms with Crippen molar-refractivity contribution in [2.75, 3.05) is 13.1 Å². The molecule has 4 amide bonds. The van der Waals surface area contributed by atoms with Gasteiger partial charge in [-0.25, -0.2) is 19.6 Å². The summed E-state index contributed by atoms with van der Waals surface area (Å²) in [6.07, 6.45) is 7.07. The predicted octanol–water partition coefficient (Wildman–Crippen LogP) is 8.24. The Balaban J connectivity index is 1.16. The molecule has 61 heavy (non-hydrogen) atoms. The quantitative estimate of drug-likeness (QED) is 0.0474. The number of rotatable bonds is 20. The monoisotopic (exact) mass is 843 g/mol. The molecule has 15 nitrogen and oxygen atoms in total. The highest BCUT2D eigenvalue weighted by atomic mass is 16.6. The van der Waals surface area contributed by atoms with Crippen LogP contribution in [-0.2, 0) is 31.9 Å². The van der Waals surface area contributed by atoms with Crippen LogP contribution in [0.15, 0.2) is 60.9 Å². The number of carbonyl (C=O) groups is 4. The predicted molar refractivity (Wildman–Crippen MR) is 236 cm³/mol. The van der Waals surface area contributed by atoms with Crippen LogP contribution in [0.5, 0.6) is 11.5 Å². The number of benzene rings is 2. The number of aromatic amines is 2. The van der Waals surface area contributed by atoms with E-state index in [1.165, 1.54) is 0 Å². The Labute approximate surface area is 360 Å². The van der Waals surface area contributed by atoms with Gasteiger partial charge in [0.25, 0.3) is 0 Å². The van der Waals surface area contributed by atoms with Crippen LogP contribution in [0, 0.1) is 11.8 Å². The Morgan fingerprint density at radius 3 is 1.26 bits per heavy atom. The van der Waals surface area contributed by atoms with E-state index < -0.39 is 35.5 Å². The van der Waals surface area contributed by atoms with Crippen molar-refractivity contribution in [2.24, 2.45) is 11.8 Å². The molecule has 0 radical (unpaired) electrons. The third-order valence-electron chi connectivity index (χ3n) is 9.35. The van der Waals surface area contributed by atoms with E-state index in [9.17, 15) is 19.2 Å². The average Bonchev–Trinajstić information content (AvgIpc) is 3.85. The summed E-state index contributed by atoms with van der Waals surface area (Å²) in [5, 5.41) is 11.2. The molecule has 0 saturated carbocycles. The third kappa shape index (κ3) is 16.6. The van der Waals surface area contributed by atoms with Gasteiger partial charge in [-0.1, -0.05) is 27.7 Å². The first-order valence-electron chi connectivity index (χ1n) is 21.3. The first kappa shape index (κ1) is 47.8. The highest BCUT2D eigenvalue weighted by Gasteiger charge is 2.28. The zero-order chi connectivity index (χ0) is 44.7. The zero-order valence-electron chi connectivity index (χ0n) is 37.5. The molecular formula is C46H66N8O7. The Morgan fingerprint density at radius 1 is 0.574 bits per heavy atom. The number of hydrogen-bond donors (Lipinski definition) is 6. The number of nitrogens with zero attached hydrogens (tertiary/aromatic N) is 2. The van der Waals surface area contributed by atoms with Crippen molar-refractivity contribution >= 4 is 24.0 Å². The first-order chi connectivity index (χ1) is 28.8. The van der Waals surface area contributed by atoms with Crippen LogP contribution < -0.4 is 26.0 Å². The smallest absolute Gasteiger partial charge is 0.408 e. The molecule has 2 atom stereocenters. The standard InChI is InChI=1S/C46H66N8O7/c1-29(2)39(53-43(57)60-45(5,6)7)41(55)47-25-13-11-15-37-49-27-35(51-37)31-17-21-33(22-18-31)59-34-23-19-32(20-24-34)36-28-50-38(52-36)16-12-14-26-48-42(56)40(30(3)4)54-44(58)61-46(8,9)10/h17-24,27-30,39-40H,11-16,25-26H2,1-10H3,(H,47,55)(H,48,56)(H,49,51)(H,50,52)(H,53,57)(H,54,58)/t39-,40-/m1/s1. The number of aryl methyl sites for hydroxylation is 2. The van der Waals surface area contributed by atoms with E-state index in [0.717, 1.165) is 72.7 Å². The molecule has 0 bridgehead atoms. The molecular weight excluding hydrogens is 777 g/mol. The van der Waals surface area contributed by atoms with E-state index in [1.54, 1.807) is 41.5 Å². The molecule has 4 aromatic rings. The van der Waals surface area contributed by atoms with Gasteiger partial charge in [0.15, 0.2) is 0 Å². The van der Waals surface area contributed by atoms with Gasteiger partial charge in [-0.2, -0.15) is 0 Å². The highest BCUT2D eigenvalue weighted by molar-refractivity contribution is 5.86. The van der Waals surface area contributed by atoms with Gasteiger partial charge in [0, 0.05) is 25.9 Å². The second-order valence-electron chi connectivity index (χ2n) is 17.9. The molecule has 0 fully saturated rings. The fourth-order valence-electron chi connectivity index (χ4n) is 6.23. The van der Waals surface area contributed by atoms with Gasteiger partial charge >= 0.3 is 12.2 Å². The number of H-pyrrole nitrogens is 2. The number of unbranched alkanes of at least 4 members (excludes halogenated alkanes) is 2. The SMILES string of the molecule is CC(C)[C@@H](NC(=O)OC(C)(C)C)C(=O)NCCCCc1ncc(-c2ccc(Oc3ccc(-c4cnc(CCCCNC(=O)[C@H](NC(=O)OC(C)(C)C)C(C)C)[nH]4)cc3)cc2)[nH]1. The number of carbonyl (C=O) groups excluding carboxylic acids is 4. The van der Waals surface area contributed by atoms with Crippen LogP contribution in [0.2, 0.25) is 0 Å². The second-order valence-corrected chi connectivity index (χ2v) is 17.9. The van der Waals surface area contributed by atoms with Gasteiger partial charge in [-0.3, -0.25) is 9.59 Å². The number of alkyl carbamates (subject to hydrolysis) is 2. The summed E-state index contributed by atoms with van der Waals surface area (Å²) < 4.78 is 16.7. The van der Waals surface area contributed by atoms with Crippen molar-refractivity contribution in [3.63, 3.8) is 0 Å². The van der Waals surface area contributed by atoms with Gasteiger partial charge in [-0.05, 0) is 139 Å². The van der Waals surface area contributed by atoms with Crippen molar-refractivity contribution in [2.45, 2.75) is 131 Å². The number of imidazole rings is 2. The maximum Gasteiger partial charge on any atom is 0.408 e. The molecule has 15 heteroatoms. The molecule has 2 heterocycles. The molecule has 0 aliphatic heterocycles. The number of aromatic nitrogens is 4.